The predicted octanol–water partition coefficient (Wildman–Crippen LogP) is 4.53. The van der Waals surface area contributed by atoms with Crippen molar-refractivity contribution >= 4 is 23.3 Å². The molecule has 6 heteroatoms. The van der Waals surface area contributed by atoms with Gasteiger partial charge in [-0.15, -0.1) is 0 Å². The van der Waals surface area contributed by atoms with Crippen LogP contribution in [0.3, 0.4) is 0 Å². The van der Waals surface area contributed by atoms with Crippen molar-refractivity contribution in [1.82, 2.24) is 5.32 Å². The summed E-state index contributed by atoms with van der Waals surface area (Å²) in [5.74, 6) is -0.631. The minimum absolute atomic E-state index is 0.116. The first kappa shape index (κ1) is 18.4. The van der Waals surface area contributed by atoms with Gasteiger partial charge in [0, 0.05) is 17.5 Å². The van der Waals surface area contributed by atoms with Crippen LogP contribution in [0.5, 0.6) is 5.75 Å². The smallest absolute Gasteiger partial charge is 0.251 e. The molecular weight excluding hydrogens is 357 g/mol. The van der Waals surface area contributed by atoms with Crippen LogP contribution in [-0.2, 0) is 0 Å². The third kappa shape index (κ3) is 3.58. The number of carbonyl (C=O) groups is 2. The molecule has 1 heterocycles. The molecule has 0 aromatic heterocycles. The Kier molecular flexibility index (Phi) is 4.76. The highest BCUT2D eigenvalue weighted by Crippen LogP contribution is 2.41. The van der Waals surface area contributed by atoms with E-state index in [0.717, 1.165) is 6.07 Å². The van der Waals surface area contributed by atoms with E-state index in [1.54, 1.807) is 18.2 Å². The van der Waals surface area contributed by atoms with Crippen LogP contribution in [0.4, 0.5) is 4.39 Å². The van der Waals surface area contributed by atoms with E-state index < -0.39 is 23.4 Å². The lowest BCUT2D eigenvalue weighted by atomic mass is 9.87. The lowest BCUT2D eigenvalue weighted by Gasteiger charge is -2.38. The van der Waals surface area contributed by atoms with E-state index in [1.807, 2.05) is 20.3 Å². The number of para-hydroxylation sites is 1. The molecule has 2 aromatic rings. The maximum absolute atomic E-state index is 13.3. The molecule has 0 spiro atoms. The number of fused-ring (bicyclic) bond motifs is 1. The molecule has 4 nitrogen and oxygen atoms in total. The maximum Gasteiger partial charge on any atom is 0.251 e. The SMILES string of the molecule is CC(=O)c1cccc2c1OC(C)(C)[CH][C@@H]2NC(=O)c1ccc(F)c(Cl)c1. The van der Waals surface area contributed by atoms with Crippen molar-refractivity contribution in [2.45, 2.75) is 32.4 Å². The van der Waals surface area contributed by atoms with Crippen LogP contribution < -0.4 is 10.1 Å². The van der Waals surface area contributed by atoms with Crippen molar-refractivity contribution in [2.24, 2.45) is 0 Å². The molecular formula is C20H18ClFNO3. The maximum atomic E-state index is 13.3. The van der Waals surface area contributed by atoms with E-state index in [-0.39, 0.29) is 16.4 Å². The first-order valence-electron chi connectivity index (χ1n) is 8.13. The Labute approximate surface area is 156 Å². The van der Waals surface area contributed by atoms with Crippen molar-refractivity contribution in [3.63, 3.8) is 0 Å². The summed E-state index contributed by atoms with van der Waals surface area (Å²) in [4.78, 5) is 24.5. The fraction of sp³-hybridized carbons (Fsp3) is 0.250. The Morgan fingerprint density at radius 2 is 1.96 bits per heavy atom. The van der Waals surface area contributed by atoms with Crippen molar-refractivity contribution in [1.29, 1.82) is 0 Å². The van der Waals surface area contributed by atoms with Gasteiger partial charge in [0.15, 0.2) is 5.78 Å². The first-order chi connectivity index (χ1) is 12.2. The van der Waals surface area contributed by atoms with Crippen molar-refractivity contribution in [3.05, 3.63) is 70.3 Å². The fourth-order valence-electron chi connectivity index (χ4n) is 2.96. The van der Waals surface area contributed by atoms with Crippen molar-refractivity contribution in [3.8, 4) is 5.75 Å². The van der Waals surface area contributed by atoms with Gasteiger partial charge in [0.25, 0.3) is 5.91 Å². The van der Waals surface area contributed by atoms with Gasteiger partial charge < -0.3 is 10.1 Å². The molecule has 1 amide bonds. The van der Waals surface area contributed by atoms with Gasteiger partial charge in [0.1, 0.15) is 17.2 Å². The zero-order valence-corrected chi connectivity index (χ0v) is 15.4. The summed E-state index contributed by atoms with van der Waals surface area (Å²) in [6, 6.07) is 8.58. The molecule has 2 aromatic carbocycles. The molecule has 1 aliphatic rings. The second kappa shape index (κ2) is 6.72. The van der Waals surface area contributed by atoms with Gasteiger partial charge >= 0.3 is 0 Å². The number of rotatable bonds is 3. The molecule has 26 heavy (non-hydrogen) atoms. The molecule has 0 unspecified atom stereocenters. The number of hydrogen-bond acceptors (Lipinski definition) is 3. The van der Waals surface area contributed by atoms with Gasteiger partial charge in [-0.2, -0.15) is 0 Å². The van der Waals surface area contributed by atoms with Crippen LogP contribution in [0.2, 0.25) is 5.02 Å². The molecule has 1 atom stereocenters. The molecule has 0 saturated heterocycles. The second-order valence-electron chi connectivity index (χ2n) is 6.73. The molecule has 0 saturated carbocycles. The van der Waals surface area contributed by atoms with E-state index in [0.29, 0.717) is 16.9 Å². The highest BCUT2D eigenvalue weighted by Gasteiger charge is 2.36. The second-order valence-corrected chi connectivity index (χ2v) is 7.14. The number of ether oxygens (including phenoxy) is 1. The minimum Gasteiger partial charge on any atom is -0.486 e. The van der Waals surface area contributed by atoms with Gasteiger partial charge in [-0.25, -0.2) is 4.39 Å². The Hall–Kier alpha value is -2.40. The molecule has 0 fully saturated rings. The van der Waals surface area contributed by atoms with Gasteiger partial charge in [0.05, 0.1) is 16.6 Å². The Morgan fingerprint density at radius 1 is 1.23 bits per heavy atom. The average Bonchev–Trinajstić information content (AvgIpc) is 2.55. The monoisotopic (exact) mass is 374 g/mol. The molecule has 1 N–H and O–H groups in total. The number of amides is 1. The normalized spacial score (nSPS) is 17.8. The van der Waals surface area contributed by atoms with E-state index in [4.69, 9.17) is 16.3 Å². The lowest BCUT2D eigenvalue weighted by molar-refractivity contribution is 0.0881. The number of nitrogens with one attached hydrogen (secondary N) is 1. The summed E-state index contributed by atoms with van der Waals surface area (Å²) in [6.07, 6.45) is 1.85. The third-order valence-electron chi connectivity index (χ3n) is 4.16. The van der Waals surface area contributed by atoms with Gasteiger partial charge in [0.2, 0.25) is 0 Å². The largest absolute Gasteiger partial charge is 0.486 e. The summed E-state index contributed by atoms with van der Waals surface area (Å²) >= 11 is 5.76. The van der Waals surface area contributed by atoms with Crippen molar-refractivity contribution < 1.29 is 18.7 Å². The van der Waals surface area contributed by atoms with Gasteiger partial charge in [-0.3, -0.25) is 9.59 Å². The number of Topliss-reactive ketones (excluding diaryl/α,β-unsaturated/α-hetero) is 1. The molecule has 0 bridgehead atoms. The molecule has 1 radical (unpaired) electrons. The van der Waals surface area contributed by atoms with Crippen LogP contribution >= 0.6 is 11.6 Å². The van der Waals surface area contributed by atoms with Crippen LogP contribution in [0, 0.1) is 12.2 Å². The van der Waals surface area contributed by atoms with Crippen LogP contribution in [-0.4, -0.2) is 17.3 Å². The number of carbonyl (C=O) groups excluding carboxylic acids is 2. The van der Waals surface area contributed by atoms with Crippen molar-refractivity contribution in [2.75, 3.05) is 0 Å². The number of benzene rings is 2. The fourth-order valence-corrected chi connectivity index (χ4v) is 3.14. The van der Waals surface area contributed by atoms with Crippen LogP contribution in [0.1, 0.15) is 53.1 Å². The molecule has 0 aliphatic carbocycles. The number of halogens is 2. The topological polar surface area (TPSA) is 55.4 Å². The first-order valence-corrected chi connectivity index (χ1v) is 8.50. The van der Waals surface area contributed by atoms with Gasteiger partial charge in [-0.1, -0.05) is 23.7 Å². The quantitative estimate of drug-likeness (QED) is 0.803. The molecule has 1 aliphatic heterocycles. The number of ketones is 1. The van der Waals surface area contributed by atoms with Crippen LogP contribution in [0.25, 0.3) is 0 Å². The zero-order valence-electron chi connectivity index (χ0n) is 14.6. The highest BCUT2D eigenvalue weighted by molar-refractivity contribution is 6.31. The van der Waals surface area contributed by atoms with Crippen LogP contribution in [0.15, 0.2) is 36.4 Å². The molecule has 135 valence electrons. The summed E-state index contributed by atoms with van der Waals surface area (Å²) in [5, 5.41) is 2.78. The predicted molar refractivity (Wildman–Crippen MR) is 97.1 cm³/mol. The van der Waals surface area contributed by atoms with E-state index >= 15 is 0 Å². The lowest BCUT2D eigenvalue weighted by Crippen LogP contribution is -2.42. The Morgan fingerprint density at radius 3 is 2.62 bits per heavy atom. The standard InChI is InChI=1S/C20H18ClFNO3/c1-11(24)13-5-4-6-14-17(10-20(2,3)26-18(13)14)23-19(25)12-7-8-16(22)15(21)9-12/h4-10,17H,1-3H3,(H,23,25)/t17-/m0/s1. The average molecular weight is 375 g/mol. The van der Waals surface area contributed by atoms with Gasteiger partial charge in [-0.05, 0) is 45.0 Å². The summed E-state index contributed by atoms with van der Waals surface area (Å²) in [5.41, 5.74) is 0.724. The van der Waals surface area contributed by atoms with E-state index in [1.165, 1.54) is 19.1 Å². The van der Waals surface area contributed by atoms with E-state index in [9.17, 15) is 14.0 Å². The van der Waals surface area contributed by atoms with E-state index in [2.05, 4.69) is 5.32 Å². The number of hydrogen-bond donors (Lipinski definition) is 1. The summed E-state index contributed by atoms with van der Waals surface area (Å²) in [7, 11) is 0. The molecule has 3 rings (SSSR count). The Bertz CT molecular complexity index is 895. The minimum atomic E-state index is -0.684. The Balaban J connectivity index is 1.96. The zero-order chi connectivity index (χ0) is 19.1. The third-order valence-corrected chi connectivity index (χ3v) is 4.45. The summed E-state index contributed by atoms with van der Waals surface area (Å²) < 4.78 is 19.3. The highest BCUT2D eigenvalue weighted by atomic mass is 35.5. The summed E-state index contributed by atoms with van der Waals surface area (Å²) in [6.45, 7) is 5.17.